The van der Waals surface area contributed by atoms with E-state index in [1.54, 1.807) is 0 Å². The number of aliphatic hydroxyl groups is 1. The Kier molecular flexibility index (Phi) is 5.05. The van der Waals surface area contributed by atoms with Crippen molar-refractivity contribution in [3.8, 4) is 0 Å². The molecule has 0 amide bonds. The fraction of sp³-hybridized carbons (Fsp3) is 0.294. The number of nitrogens with zero attached hydrogens (tertiary/aromatic N) is 1. The Morgan fingerprint density at radius 2 is 1.75 bits per heavy atom. The molecule has 1 N–H and O–H groups in total. The molecule has 0 radical (unpaired) electrons. The van der Waals surface area contributed by atoms with Crippen LogP contribution in [-0.2, 0) is 13.2 Å². The van der Waals surface area contributed by atoms with Crippen LogP contribution in [0.5, 0.6) is 0 Å². The van der Waals surface area contributed by atoms with Crippen molar-refractivity contribution >= 4 is 17.3 Å². The van der Waals surface area contributed by atoms with Crippen LogP contribution in [0.25, 0.3) is 0 Å². The van der Waals surface area contributed by atoms with E-state index in [0.717, 1.165) is 17.8 Å². The Hall–Kier alpha value is -1.51. The van der Waals surface area contributed by atoms with Gasteiger partial charge in [-0.1, -0.05) is 48.0 Å². The second kappa shape index (κ2) is 6.78. The van der Waals surface area contributed by atoms with Crippen LogP contribution in [0.15, 0.2) is 48.5 Å². The third-order valence-corrected chi connectivity index (χ3v) is 3.73. The minimum absolute atomic E-state index is 0.0486. The maximum atomic E-state index is 9.58. The number of anilines is 1. The summed E-state index contributed by atoms with van der Waals surface area (Å²) in [6.45, 7) is 5.04. The highest BCUT2D eigenvalue weighted by Gasteiger charge is 2.16. The van der Waals surface area contributed by atoms with Gasteiger partial charge in [0.15, 0.2) is 0 Å². The van der Waals surface area contributed by atoms with E-state index in [1.165, 1.54) is 5.56 Å². The first-order valence-corrected chi connectivity index (χ1v) is 7.20. The minimum atomic E-state index is -0.0486. The summed E-state index contributed by atoms with van der Waals surface area (Å²) in [6.07, 6.45) is 0. The summed E-state index contributed by atoms with van der Waals surface area (Å²) >= 11 is 6.19. The highest BCUT2D eigenvalue weighted by Crippen LogP contribution is 2.30. The Bertz CT molecular complexity index is 554. The summed E-state index contributed by atoms with van der Waals surface area (Å²) < 4.78 is 0. The number of rotatable bonds is 5. The largest absolute Gasteiger partial charge is 0.392 e. The van der Waals surface area contributed by atoms with E-state index in [2.05, 4.69) is 30.9 Å². The molecule has 106 valence electrons. The highest BCUT2D eigenvalue weighted by atomic mass is 35.5. The molecule has 2 aromatic rings. The first-order valence-electron chi connectivity index (χ1n) is 6.82. The average Bonchev–Trinajstić information content (AvgIpc) is 2.45. The molecule has 0 heterocycles. The van der Waals surface area contributed by atoms with Crippen molar-refractivity contribution in [1.82, 2.24) is 0 Å². The van der Waals surface area contributed by atoms with Crippen LogP contribution in [-0.4, -0.2) is 11.1 Å². The summed E-state index contributed by atoms with van der Waals surface area (Å²) in [6, 6.07) is 16.4. The molecule has 0 unspecified atom stereocenters. The van der Waals surface area contributed by atoms with Crippen LogP contribution in [0.3, 0.4) is 0 Å². The van der Waals surface area contributed by atoms with Crippen molar-refractivity contribution < 1.29 is 5.11 Å². The van der Waals surface area contributed by atoms with Crippen molar-refractivity contribution in [2.45, 2.75) is 33.0 Å². The zero-order valence-corrected chi connectivity index (χ0v) is 12.6. The molecule has 3 heteroatoms. The van der Waals surface area contributed by atoms with Gasteiger partial charge in [0.05, 0.1) is 6.61 Å². The molecule has 20 heavy (non-hydrogen) atoms. The van der Waals surface area contributed by atoms with Crippen LogP contribution in [0.4, 0.5) is 5.69 Å². The number of benzene rings is 2. The van der Waals surface area contributed by atoms with Crippen LogP contribution in [0, 0.1) is 0 Å². The van der Waals surface area contributed by atoms with Gasteiger partial charge in [0.1, 0.15) is 0 Å². The highest BCUT2D eigenvalue weighted by molar-refractivity contribution is 6.31. The molecule has 0 aliphatic carbocycles. The van der Waals surface area contributed by atoms with Crippen molar-refractivity contribution in [1.29, 1.82) is 0 Å². The zero-order chi connectivity index (χ0) is 14.5. The summed E-state index contributed by atoms with van der Waals surface area (Å²) in [5.74, 6) is 0. The van der Waals surface area contributed by atoms with Crippen LogP contribution in [0.2, 0.25) is 5.02 Å². The van der Waals surface area contributed by atoms with E-state index < -0.39 is 0 Å². The maximum Gasteiger partial charge on any atom is 0.0716 e. The zero-order valence-electron chi connectivity index (χ0n) is 11.9. The molecule has 0 spiro atoms. The van der Waals surface area contributed by atoms with Gasteiger partial charge in [-0.3, -0.25) is 0 Å². The molecule has 0 saturated carbocycles. The van der Waals surface area contributed by atoms with Crippen LogP contribution in [0.1, 0.15) is 25.0 Å². The third-order valence-electron chi connectivity index (χ3n) is 3.38. The average molecular weight is 290 g/mol. The molecule has 2 aromatic carbocycles. The van der Waals surface area contributed by atoms with Gasteiger partial charge in [0, 0.05) is 28.9 Å². The molecular weight excluding hydrogens is 270 g/mol. The second-order valence-electron chi connectivity index (χ2n) is 5.10. The van der Waals surface area contributed by atoms with Gasteiger partial charge in [0.25, 0.3) is 0 Å². The molecule has 0 aliphatic rings. The molecule has 2 rings (SSSR count). The van der Waals surface area contributed by atoms with Gasteiger partial charge in [-0.25, -0.2) is 0 Å². The SMILES string of the molecule is CC(C)N(Cc1ccccc1)c1cccc(Cl)c1CO. The molecule has 0 aromatic heterocycles. The van der Waals surface area contributed by atoms with Crippen molar-refractivity contribution in [2.24, 2.45) is 0 Å². The van der Waals surface area contributed by atoms with Gasteiger partial charge in [-0.05, 0) is 31.5 Å². The lowest BCUT2D eigenvalue weighted by Crippen LogP contribution is -2.31. The topological polar surface area (TPSA) is 23.5 Å². The smallest absolute Gasteiger partial charge is 0.0716 e. The summed E-state index contributed by atoms with van der Waals surface area (Å²) in [4.78, 5) is 2.26. The molecule has 0 fully saturated rings. The van der Waals surface area contributed by atoms with E-state index in [-0.39, 0.29) is 6.61 Å². The fourth-order valence-electron chi connectivity index (χ4n) is 2.30. The maximum absolute atomic E-state index is 9.58. The lowest BCUT2D eigenvalue weighted by Gasteiger charge is -2.31. The summed E-state index contributed by atoms with van der Waals surface area (Å²) in [7, 11) is 0. The standard InChI is InChI=1S/C17H20ClNO/c1-13(2)19(11-14-7-4-3-5-8-14)17-10-6-9-16(18)15(17)12-20/h3-10,13,20H,11-12H2,1-2H3. The number of halogens is 1. The van der Waals surface area contributed by atoms with Gasteiger partial charge in [-0.2, -0.15) is 0 Å². The first-order chi connectivity index (χ1) is 9.63. The van der Waals surface area contributed by atoms with E-state index >= 15 is 0 Å². The third kappa shape index (κ3) is 3.33. The molecule has 0 saturated heterocycles. The second-order valence-corrected chi connectivity index (χ2v) is 5.51. The first kappa shape index (κ1) is 14.9. The van der Waals surface area contributed by atoms with Crippen LogP contribution >= 0.6 is 11.6 Å². The molecular formula is C17H20ClNO. The summed E-state index contributed by atoms with van der Waals surface area (Å²) in [5.41, 5.74) is 3.03. The molecule has 0 aliphatic heterocycles. The van der Waals surface area contributed by atoms with Crippen molar-refractivity contribution in [3.63, 3.8) is 0 Å². The van der Waals surface area contributed by atoms with Gasteiger partial charge in [-0.15, -0.1) is 0 Å². The Balaban J connectivity index is 2.37. The number of aliphatic hydroxyl groups excluding tert-OH is 1. The van der Waals surface area contributed by atoms with Gasteiger partial charge in [0.2, 0.25) is 0 Å². The predicted octanol–water partition coefficient (Wildman–Crippen LogP) is 4.25. The van der Waals surface area contributed by atoms with Gasteiger partial charge < -0.3 is 10.0 Å². The van der Waals surface area contributed by atoms with Crippen molar-refractivity contribution in [2.75, 3.05) is 4.90 Å². The normalized spacial score (nSPS) is 10.8. The lowest BCUT2D eigenvalue weighted by molar-refractivity contribution is 0.282. The van der Waals surface area contributed by atoms with E-state index in [0.29, 0.717) is 11.1 Å². The van der Waals surface area contributed by atoms with E-state index in [9.17, 15) is 5.11 Å². The fourth-order valence-corrected chi connectivity index (χ4v) is 2.53. The van der Waals surface area contributed by atoms with E-state index in [1.807, 2.05) is 36.4 Å². The summed E-state index contributed by atoms with van der Waals surface area (Å²) in [5, 5.41) is 10.2. The van der Waals surface area contributed by atoms with Crippen molar-refractivity contribution in [3.05, 3.63) is 64.7 Å². The quantitative estimate of drug-likeness (QED) is 0.889. The monoisotopic (exact) mass is 289 g/mol. The Labute approximate surface area is 125 Å². The van der Waals surface area contributed by atoms with Gasteiger partial charge >= 0.3 is 0 Å². The Morgan fingerprint density at radius 1 is 1.05 bits per heavy atom. The minimum Gasteiger partial charge on any atom is -0.392 e. The molecule has 0 bridgehead atoms. The predicted molar refractivity (Wildman–Crippen MR) is 85.1 cm³/mol. The van der Waals surface area contributed by atoms with Crippen LogP contribution < -0.4 is 4.90 Å². The molecule has 2 nitrogen and oxygen atoms in total. The number of hydrogen-bond donors (Lipinski definition) is 1. The Morgan fingerprint density at radius 3 is 2.35 bits per heavy atom. The lowest BCUT2D eigenvalue weighted by atomic mass is 10.1. The molecule has 0 atom stereocenters. The number of hydrogen-bond acceptors (Lipinski definition) is 2. The van der Waals surface area contributed by atoms with E-state index in [4.69, 9.17) is 11.6 Å².